The Hall–Kier alpha value is -0.290. The van der Waals surface area contributed by atoms with Gasteiger partial charge in [-0.3, -0.25) is 4.79 Å². The Morgan fingerprint density at radius 2 is 2.00 bits per heavy atom. The summed E-state index contributed by atoms with van der Waals surface area (Å²) in [4.78, 5) is 11.7. The van der Waals surface area contributed by atoms with Crippen molar-refractivity contribution in [1.29, 1.82) is 0 Å². The molecule has 3 atom stereocenters. The van der Waals surface area contributed by atoms with E-state index in [1.807, 2.05) is 0 Å². The maximum atomic E-state index is 11.7. The van der Waals surface area contributed by atoms with E-state index in [0.717, 1.165) is 19.3 Å². The molecule has 1 aliphatic carbocycles. The fraction of sp³-hybridized carbons (Fsp3) is 0.923. The van der Waals surface area contributed by atoms with Crippen molar-refractivity contribution in [3.63, 3.8) is 0 Å². The van der Waals surface area contributed by atoms with Crippen LogP contribution in [0.15, 0.2) is 0 Å². The van der Waals surface area contributed by atoms with Gasteiger partial charge >= 0.3 is 5.97 Å². The third-order valence-corrected chi connectivity index (χ3v) is 5.37. The zero-order valence-electron chi connectivity index (χ0n) is 11.6. The summed E-state index contributed by atoms with van der Waals surface area (Å²) < 4.78 is 27.9. The van der Waals surface area contributed by atoms with E-state index in [1.165, 1.54) is 0 Å². The van der Waals surface area contributed by atoms with E-state index in [9.17, 15) is 13.2 Å². The van der Waals surface area contributed by atoms with Gasteiger partial charge in [-0.1, -0.05) is 20.8 Å². The second kappa shape index (κ2) is 4.62. The molecule has 2 fully saturated rings. The lowest BCUT2D eigenvalue weighted by atomic mass is 9.58. The molecule has 1 saturated carbocycles. The minimum absolute atomic E-state index is 0.0972. The van der Waals surface area contributed by atoms with Crippen molar-refractivity contribution in [3.8, 4) is 0 Å². The van der Waals surface area contributed by atoms with Gasteiger partial charge in [0, 0.05) is 16.1 Å². The Bertz CT molecular complexity index is 485. The van der Waals surface area contributed by atoms with E-state index >= 15 is 0 Å². The van der Waals surface area contributed by atoms with Crippen LogP contribution in [-0.2, 0) is 18.6 Å². The molecular weight excluding hydrogens is 288 g/mol. The quantitative estimate of drug-likeness (QED) is 0.581. The molecule has 1 spiro atoms. The minimum atomic E-state index is -3.67. The van der Waals surface area contributed by atoms with E-state index in [2.05, 4.69) is 20.8 Å². The average molecular weight is 309 g/mol. The molecule has 2 aliphatic rings. The molecule has 0 N–H and O–H groups in total. The molecule has 4 nitrogen and oxygen atoms in total. The molecule has 6 heteroatoms. The Labute approximate surface area is 119 Å². The minimum Gasteiger partial charge on any atom is -0.461 e. The second-order valence-electron chi connectivity index (χ2n) is 7.08. The van der Waals surface area contributed by atoms with Crippen LogP contribution in [0, 0.1) is 16.7 Å². The monoisotopic (exact) mass is 308 g/mol. The lowest BCUT2D eigenvalue weighted by Gasteiger charge is -2.46. The second-order valence-corrected chi connectivity index (χ2v) is 9.90. The lowest BCUT2D eigenvalue weighted by Crippen LogP contribution is -2.44. The molecule has 0 aromatic heterocycles. The number of hydrogen-bond acceptors (Lipinski definition) is 4. The van der Waals surface area contributed by atoms with E-state index in [4.69, 9.17) is 15.4 Å². The zero-order chi connectivity index (χ0) is 14.5. The molecule has 1 saturated heterocycles. The summed E-state index contributed by atoms with van der Waals surface area (Å²) in [6.07, 6.45) is 2.46. The van der Waals surface area contributed by atoms with Gasteiger partial charge in [0.2, 0.25) is 9.05 Å². The summed E-state index contributed by atoms with van der Waals surface area (Å²) in [6.45, 7) is 6.48. The van der Waals surface area contributed by atoms with Crippen molar-refractivity contribution in [1.82, 2.24) is 0 Å². The van der Waals surface area contributed by atoms with Gasteiger partial charge in [-0.2, -0.15) is 0 Å². The van der Waals surface area contributed by atoms with Crippen molar-refractivity contribution in [2.24, 2.45) is 16.7 Å². The number of ether oxygens (including phenoxy) is 1. The van der Waals surface area contributed by atoms with Crippen LogP contribution in [0.25, 0.3) is 0 Å². The van der Waals surface area contributed by atoms with Crippen LogP contribution in [0.1, 0.15) is 46.5 Å². The molecule has 0 aromatic rings. The predicted octanol–water partition coefficient (Wildman–Crippen LogP) is 2.70. The molecule has 1 aliphatic heterocycles. The van der Waals surface area contributed by atoms with Crippen molar-refractivity contribution < 1.29 is 17.9 Å². The van der Waals surface area contributed by atoms with Gasteiger partial charge in [-0.05, 0) is 30.6 Å². The van der Waals surface area contributed by atoms with Gasteiger partial charge in [0.25, 0.3) is 0 Å². The summed E-state index contributed by atoms with van der Waals surface area (Å²) >= 11 is 0. The topological polar surface area (TPSA) is 60.4 Å². The number of carbonyl (C=O) groups is 1. The molecule has 19 heavy (non-hydrogen) atoms. The van der Waals surface area contributed by atoms with Crippen LogP contribution >= 0.6 is 10.7 Å². The van der Waals surface area contributed by atoms with Gasteiger partial charge in [-0.25, -0.2) is 8.42 Å². The number of halogens is 1. The first-order valence-electron chi connectivity index (χ1n) is 6.63. The van der Waals surface area contributed by atoms with Crippen LogP contribution in [0.4, 0.5) is 0 Å². The number of cyclic esters (lactones) is 1. The summed E-state index contributed by atoms with van der Waals surface area (Å²) in [6, 6.07) is 0. The van der Waals surface area contributed by atoms with Crippen molar-refractivity contribution in [2.75, 3.05) is 5.75 Å². The van der Waals surface area contributed by atoms with Crippen LogP contribution in [0.2, 0.25) is 0 Å². The fourth-order valence-electron chi connectivity index (χ4n) is 4.31. The normalized spacial score (nSPS) is 38.4. The molecule has 1 heterocycles. The largest absolute Gasteiger partial charge is 0.461 e. The SMILES string of the molecule is CC1CC(C)(C)CC2(CC(=O)OC2CS(=O)(=O)Cl)C1. The van der Waals surface area contributed by atoms with Crippen molar-refractivity contribution in [3.05, 3.63) is 0 Å². The highest BCUT2D eigenvalue weighted by atomic mass is 35.7. The number of esters is 1. The Morgan fingerprint density at radius 1 is 1.37 bits per heavy atom. The first-order valence-corrected chi connectivity index (χ1v) is 9.11. The number of hydrogen-bond donors (Lipinski definition) is 0. The van der Waals surface area contributed by atoms with Crippen molar-refractivity contribution >= 4 is 25.7 Å². The zero-order valence-corrected chi connectivity index (χ0v) is 13.2. The van der Waals surface area contributed by atoms with Gasteiger partial charge in [0.15, 0.2) is 0 Å². The fourth-order valence-corrected chi connectivity index (χ4v) is 5.43. The highest BCUT2D eigenvalue weighted by molar-refractivity contribution is 8.13. The van der Waals surface area contributed by atoms with Crippen molar-refractivity contribution in [2.45, 2.75) is 52.6 Å². The smallest absolute Gasteiger partial charge is 0.306 e. The van der Waals surface area contributed by atoms with Crippen LogP contribution < -0.4 is 0 Å². The highest BCUT2D eigenvalue weighted by Gasteiger charge is 2.55. The van der Waals surface area contributed by atoms with Crippen LogP contribution in [0.3, 0.4) is 0 Å². The third-order valence-electron chi connectivity index (χ3n) is 4.29. The molecule has 110 valence electrons. The maximum absolute atomic E-state index is 11.7. The molecule has 0 radical (unpaired) electrons. The molecule has 0 aromatic carbocycles. The average Bonchev–Trinajstić information content (AvgIpc) is 2.34. The summed E-state index contributed by atoms with van der Waals surface area (Å²) in [5.74, 6) is -0.114. The van der Waals surface area contributed by atoms with Crippen LogP contribution in [-0.4, -0.2) is 26.2 Å². The van der Waals surface area contributed by atoms with Gasteiger partial charge in [0.05, 0.1) is 6.42 Å². The summed E-state index contributed by atoms with van der Waals surface area (Å²) in [5.41, 5.74) is -0.264. The summed E-state index contributed by atoms with van der Waals surface area (Å²) in [7, 11) is 1.69. The number of carbonyl (C=O) groups excluding carboxylic acids is 1. The molecule has 2 rings (SSSR count). The van der Waals surface area contributed by atoms with Crippen LogP contribution in [0.5, 0.6) is 0 Å². The summed E-state index contributed by atoms with van der Waals surface area (Å²) in [5, 5.41) is 0. The predicted molar refractivity (Wildman–Crippen MR) is 73.4 cm³/mol. The lowest BCUT2D eigenvalue weighted by molar-refractivity contribution is -0.141. The highest BCUT2D eigenvalue weighted by Crippen LogP contribution is 2.55. The molecule has 3 unspecified atom stereocenters. The van der Waals surface area contributed by atoms with Gasteiger partial charge in [0.1, 0.15) is 11.9 Å². The van der Waals surface area contributed by atoms with Gasteiger partial charge in [-0.15, -0.1) is 0 Å². The van der Waals surface area contributed by atoms with Gasteiger partial charge < -0.3 is 4.74 Å². The molecule has 0 amide bonds. The van der Waals surface area contributed by atoms with E-state index < -0.39 is 15.2 Å². The maximum Gasteiger partial charge on any atom is 0.306 e. The van der Waals surface area contributed by atoms with E-state index in [0.29, 0.717) is 12.3 Å². The Kier molecular flexibility index (Phi) is 3.67. The standard InChI is InChI=1S/C13H21ClO4S/c1-9-4-12(2,3)8-13(5-9)6-11(15)18-10(13)7-19(14,16)17/h9-10H,4-8H2,1-3H3. The van der Waals surface area contributed by atoms with E-state index in [-0.39, 0.29) is 22.6 Å². The van der Waals surface area contributed by atoms with E-state index in [1.54, 1.807) is 0 Å². The molecule has 0 bridgehead atoms. The number of rotatable bonds is 2. The third kappa shape index (κ3) is 3.43. The Balaban J connectivity index is 2.30. The Morgan fingerprint density at radius 3 is 2.53 bits per heavy atom. The first-order chi connectivity index (χ1) is 8.51. The molecular formula is C13H21ClO4S. The first kappa shape index (κ1) is 15.1.